The van der Waals surface area contributed by atoms with Crippen LogP contribution in [0.4, 0.5) is 0 Å². The molecule has 2 heteroatoms. The Morgan fingerprint density at radius 2 is 2.00 bits per heavy atom. The normalized spacial score (nSPS) is 17.9. The third kappa shape index (κ3) is 3.26. The van der Waals surface area contributed by atoms with E-state index in [-0.39, 0.29) is 6.10 Å². The van der Waals surface area contributed by atoms with Crippen LogP contribution in [0.2, 0.25) is 0 Å². The molecular weight excluding hydrogens is 224 g/mol. The zero-order chi connectivity index (χ0) is 13.0. The van der Waals surface area contributed by atoms with E-state index in [9.17, 15) is 5.11 Å². The number of ether oxygens (including phenoxy) is 1. The average Bonchev–Trinajstić information content (AvgIpc) is 2.88. The van der Waals surface area contributed by atoms with Crippen molar-refractivity contribution in [2.45, 2.75) is 52.1 Å². The lowest BCUT2D eigenvalue weighted by Crippen LogP contribution is -2.20. The highest BCUT2D eigenvalue weighted by atomic mass is 16.5. The summed E-state index contributed by atoms with van der Waals surface area (Å²) in [6.07, 6.45) is 5.49. The molecule has 1 unspecified atom stereocenters. The predicted molar refractivity (Wildman–Crippen MR) is 74.0 cm³/mol. The molecule has 2 rings (SSSR count). The fourth-order valence-electron chi connectivity index (χ4n) is 2.75. The van der Waals surface area contributed by atoms with Crippen molar-refractivity contribution in [3.05, 3.63) is 29.3 Å². The van der Waals surface area contributed by atoms with E-state index in [1.165, 1.54) is 36.8 Å². The Balaban J connectivity index is 1.79. The minimum Gasteiger partial charge on any atom is -0.493 e. The maximum absolute atomic E-state index is 10.1. The van der Waals surface area contributed by atoms with Gasteiger partial charge in [-0.2, -0.15) is 0 Å². The van der Waals surface area contributed by atoms with E-state index in [4.69, 9.17) is 4.74 Å². The van der Waals surface area contributed by atoms with Crippen molar-refractivity contribution in [1.29, 1.82) is 0 Å². The first-order valence-corrected chi connectivity index (χ1v) is 7.05. The molecule has 0 amide bonds. The molecule has 18 heavy (non-hydrogen) atoms. The fraction of sp³-hybridized carbons (Fsp3) is 0.625. The van der Waals surface area contributed by atoms with Crippen molar-refractivity contribution in [3.8, 4) is 5.75 Å². The second-order valence-electron chi connectivity index (χ2n) is 5.45. The Morgan fingerprint density at radius 3 is 2.72 bits per heavy atom. The van der Waals surface area contributed by atoms with Gasteiger partial charge in [0.15, 0.2) is 0 Å². The molecule has 1 aliphatic rings. The first-order chi connectivity index (χ1) is 8.68. The first-order valence-electron chi connectivity index (χ1n) is 7.05. The summed E-state index contributed by atoms with van der Waals surface area (Å²) >= 11 is 0. The molecule has 1 saturated carbocycles. The van der Waals surface area contributed by atoms with Gasteiger partial charge in [0.05, 0.1) is 12.7 Å². The number of aliphatic hydroxyl groups excluding tert-OH is 1. The summed E-state index contributed by atoms with van der Waals surface area (Å²) < 4.78 is 5.79. The number of aryl methyl sites for hydroxylation is 1. The lowest BCUT2D eigenvalue weighted by Gasteiger charge is -2.18. The van der Waals surface area contributed by atoms with Crippen LogP contribution in [0.15, 0.2) is 18.2 Å². The minimum atomic E-state index is -0.183. The molecule has 1 atom stereocenters. The van der Waals surface area contributed by atoms with E-state index in [0.717, 1.165) is 12.2 Å². The number of aliphatic hydroxyl groups is 1. The van der Waals surface area contributed by atoms with Crippen molar-refractivity contribution in [1.82, 2.24) is 0 Å². The Bertz CT molecular complexity index is 381. The van der Waals surface area contributed by atoms with Crippen molar-refractivity contribution in [2.75, 3.05) is 6.61 Å². The first kappa shape index (κ1) is 13.4. The van der Waals surface area contributed by atoms with E-state index >= 15 is 0 Å². The van der Waals surface area contributed by atoms with E-state index in [1.807, 2.05) is 12.1 Å². The van der Waals surface area contributed by atoms with Crippen molar-refractivity contribution < 1.29 is 9.84 Å². The average molecular weight is 248 g/mol. The largest absolute Gasteiger partial charge is 0.493 e. The van der Waals surface area contributed by atoms with E-state index < -0.39 is 0 Å². The van der Waals surface area contributed by atoms with Crippen LogP contribution in [0, 0.1) is 19.8 Å². The van der Waals surface area contributed by atoms with Gasteiger partial charge < -0.3 is 9.84 Å². The predicted octanol–water partition coefficient (Wildman–Crippen LogP) is 3.62. The Labute approximate surface area is 110 Å². The molecule has 0 heterocycles. The summed E-state index contributed by atoms with van der Waals surface area (Å²) in [5.74, 6) is 1.46. The maximum atomic E-state index is 10.1. The lowest BCUT2D eigenvalue weighted by atomic mass is 9.99. The van der Waals surface area contributed by atoms with Crippen LogP contribution in [0.3, 0.4) is 0 Å². The molecule has 0 bridgehead atoms. The second kappa shape index (κ2) is 6.24. The highest BCUT2D eigenvalue weighted by Crippen LogP contribution is 2.29. The third-order valence-corrected chi connectivity index (χ3v) is 4.17. The van der Waals surface area contributed by atoms with Gasteiger partial charge in [-0.05, 0) is 49.8 Å². The van der Waals surface area contributed by atoms with Crippen molar-refractivity contribution >= 4 is 0 Å². The lowest BCUT2D eigenvalue weighted by molar-refractivity contribution is 0.0852. The quantitative estimate of drug-likeness (QED) is 0.862. The summed E-state index contributed by atoms with van der Waals surface area (Å²) in [4.78, 5) is 0. The van der Waals surface area contributed by atoms with Gasteiger partial charge in [0.25, 0.3) is 0 Å². The van der Waals surface area contributed by atoms with E-state index in [2.05, 4.69) is 19.9 Å². The van der Waals surface area contributed by atoms with Crippen LogP contribution in [-0.4, -0.2) is 17.8 Å². The van der Waals surface area contributed by atoms with Gasteiger partial charge in [0.1, 0.15) is 5.75 Å². The minimum absolute atomic E-state index is 0.183. The smallest absolute Gasteiger partial charge is 0.122 e. The van der Waals surface area contributed by atoms with Gasteiger partial charge >= 0.3 is 0 Å². The molecule has 0 aromatic heterocycles. The summed E-state index contributed by atoms with van der Waals surface area (Å²) in [5.41, 5.74) is 2.46. The molecule has 0 radical (unpaired) electrons. The van der Waals surface area contributed by atoms with Crippen LogP contribution < -0.4 is 4.74 Å². The van der Waals surface area contributed by atoms with Crippen LogP contribution in [-0.2, 0) is 0 Å². The van der Waals surface area contributed by atoms with Crippen LogP contribution in [0.25, 0.3) is 0 Å². The number of rotatable bonds is 5. The highest BCUT2D eigenvalue weighted by molar-refractivity contribution is 5.38. The molecule has 1 N–H and O–H groups in total. The van der Waals surface area contributed by atoms with Gasteiger partial charge in [0, 0.05) is 6.42 Å². The van der Waals surface area contributed by atoms with Crippen LogP contribution in [0.5, 0.6) is 5.75 Å². The summed E-state index contributed by atoms with van der Waals surface area (Å²) in [7, 11) is 0. The number of hydrogen-bond donors (Lipinski definition) is 1. The molecule has 100 valence electrons. The Kier molecular flexibility index (Phi) is 4.65. The summed E-state index contributed by atoms with van der Waals surface area (Å²) in [6.45, 7) is 4.79. The van der Waals surface area contributed by atoms with Gasteiger partial charge in [-0.1, -0.05) is 25.0 Å². The highest BCUT2D eigenvalue weighted by Gasteiger charge is 2.22. The second-order valence-corrected chi connectivity index (χ2v) is 5.45. The molecule has 0 saturated heterocycles. The van der Waals surface area contributed by atoms with Crippen molar-refractivity contribution in [3.63, 3.8) is 0 Å². The van der Waals surface area contributed by atoms with E-state index in [1.54, 1.807) is 0 Å². The van der Waals surface area contributed by atoms with Gasteiger partial charge in [-0.25, -0.2) is 0 Å². The molecule has 0 spiro atoms. The van der Waals surface area contributed by atoms with Crippen LogP contribution >= 0.6 is 0 Å². The number of benzene rings is 1. The Morgan fingerprint density at radius 1 is 1.28 bits per heavy atom. The Hall–Kier alpha value is -1.02. The summed E-state index contributed by atoms with van der Waals surface area (Å²) in [6, 6.07) is 6.12. The topological polar surface area (TPSA) is 29.5 Å². The molecule has 1 aromatic rings. The monoisotopic (exact) mass is 248 g/mol. The van der Waals surface area contributed by atoms with Gasteiger partial charge in [-0.3, -0.25) is 0 Å². The molecule has 2 nitrogen and oxygen atoms in total. The zero-order valence-electron chi connectivity index (χ0n) is 11.5. The van der Waals surface area contributed by atoms with Crippen molar-refractivity contribution in [2.24, 2.45) is 5.92 Å². The standard InChI is InChI=1S/C16H24O2/c1-12-6-5-9-16(13(12)2)18-11-10-15(17)14-7-3-4-8-14/h5-6,9,14-15,17H,3-4,7-8,10-11H2,1-2H3. The van der Waals surface area contributed by atoms with Gasteiger partial charge in [0.2, 0.25) is 0 Å². The maximum Gasteiger partial charge on any atom is 0.122 e. The molecule has 1 aliphatic carbocycles. The third-order valence-electron chi connectivity index (χ3n) is 4.17. The zero-order valence-corrected chi connectivity index (χ0v) is 11.5. The van der Waals surface area contributed by atoms with Crippen LogP contribution in [0.1, 0.15) is 43.2 Å². The molecule has 1 fully saturated rings. The fourth-order valence-corrected chi connectivity index (χ4v) is 2.75. The molecule has 1 aromatic carbocycles. The molecule has 0 aliphatic heterocycles. The number of hydrogen-bond acceptors (Lipinski definition) is 2. The molecular formula is C16H24O2. The van der Waals surface area contributed by atoms with Gasteiger partial charge in [-0.15, -0.1) is 0 Å². The SMILES string of the molecule is Cc1cccc(OCCC(O)C2CCCC2)c1C. The van der Waals surface area contributed by atoms with E-state index in [0.29, 0.717) is 12.5 Å². The summed E-state index contributed by atoms with van der Waals surface area (Å²) in [5, 5.41) is 10.1.